The zero-order valence-corrected chi connectivity index (χ0v) is 23.8. The van der Waals surface area contributed by atoms with Crippen LogP contribution in [0, 0.1) is 0 Å². The van der Waals surface area contributed by atoms with Crippen molar-refractivity contribution >= 4 is 35.4 Å². The van der Waals surface area contributed by atoms with Gasteiger partial charge in [-0.2, -0.15) is 0 Å². The predicted molar refractivity (Wildman–Crippen MR) is 142 cm³/mol. The number of nitrogens with zero attached hydrogens (tertiary/aromatic N) is 2. The molecule has 0 aromatic rings. The second-order valence-electron chi connectivity index (χ2n) is 9.43. The number of carbonyl (C=O) groups is 6. The smallest absolute Gasteiger partial charge is 0.246 e. The maximum Gasteiger partial charge on any atom is 0.246 e. The molecule has 0 saturated heterocycles. The van der Waals surface area contributed by atoms with Crippen LogP contribution in [-0.2, 0) is 28.8 Å². The van der Waals surface area contributed by atoms with Gasteiger partial charge in [0.05, 0.1) is 6.54 Å². The van der Waals surface area contributed by atoms with Crippen molar-refractivity contribution < 1.29 is 48.0 Å². The monoisotopic (exact) mass is 594 g/mol. The molecule has 0 heterocycles. The minimum atomic E-state index is -1.49. The van der Waals surface area contributed by atoms with Crippen molar-refractivity contribution in [1.82, 2.24) is 31.4 Å². The highest BCUT2D eigenvalue weighted by Gasteiger charge is 2.16. The maximum atomic E-state index is 13.7. The molecule has 6 N–H and O–H groups in total. The summed E-state index contributed by atoms with van der Waals surface area (Å²) < 4.78 is 27.2. The van der Waals surface area contributed by atoms with Crippen LogP contribution in [0.15, 0.2) is 0 Å². The van der Waals surface area contributed by atoms with E-state index in [9.17, 15) is 48.0 Å². The molecule has 0 aromatic heterocycles. The van der Waals surface area contributed by atoms with E-state index in [1.54, 1.807) is 0 Å². The fourth-order valence-electron chi connectivity index (χ4n) is 3.23. The summed E-state index contributed by atoms with van der Waals surface area (Å²) in [6.45, 7) is 2.18. The first kappa shape index (κ1) is 37.6. The van der Waals surface area contributed by atoms with E-state index in [0.29, 0.717) is 35.9 Å². The third-order valence-corrected chi connectivity index (χ3v) is 5.69. The lowest BCUT2D eigenvalue weighted by Crippen LogP contribution is -2.34. The molecular formula is C25H44F2N6O8. The number of unbranched alkanes of at least 4 members (excludes halogenated alkanes) is 2. The van der Waals surface area contributed by atoms with Gasteiger partial charge in [0.1, 0.15) is 12.3 Å². The Hall–Kier alpha value is -3.40. The molecule has 0 aliphatic rings. The number of halogens is 2. The number of carbonyl (C=O) groups excluding carboxylic acids is 6. The lowest BCUT2D eigenvalue weighted by Gasteiger charge is -2.16. The standard InChI is InChI=1S/C25H44F2N6O8/c1-18(34)30-16-20(26)10-13-29-23(37)7-6-22(36)28-12-4-3-5-14-33(41)25(39)9-8-24(38)31-17-21(27)11-15-32(40)19(2)35/h20-21,40-41H,3-17H2,1-2H3,(H,28,36)(H,29,37)(H,30,34)(H,31,38). The largest absolute Gasteiger partial charge is 0.356 e. The molecule has 0 radical (unpaired) electrons. The predicted octanol–water partition coefficient (Wildman–Crippen LogP) is 0.114. The highest BCUT2D eigenvalue weighted by atomic mass is 19.1. The van der Waals surface area contributed by atoms with Gasteiger partial charge in [-0.15, -0.1) is 0 Å². The molecule has 0 spiro atoms. The maximum absolute atomic E-state index is 13.7. The fourth-order valence-corrected chi connectivity index (χ4v) is 3.23. The van der Waals surface area contributed by atoms with Gasteiger partial charge in [0, 0.05) is 78.7 Å². The van der Waals surface area contributed by atoms with E-state index in [2.05, 4.69) is 21.3 Å². The van der Waals surface area contributed by atoms with E-state index in [1.165, 1.54) is 6.92 Å². The van der Waals surface area contributed by atoms with Gasteiger partial charge in [0.15, 0.2) is 0 Å². The van der Waals surface area contributed by atoms with Crippen molar-refractivity contribution in [3.63, 3.8) is 0 Å². The van der Waals surface area contributed by atoms with E-state index in [4.69, 9.17) is 0 Å². The lowest BCUT2D eigenvalue weighted by atomic mass is 10.2. The van der Waals surface area contributed by atoms with Gasteiger partial charge in [-0.3, -0.25) is 39.2 Å². The summed E-state index contributed by atoms with van der Waals surface area (Å²) in [5.41, 5.74) is 0. The first-order chi connectivity index (χ1) is 19.3. The average molecular weight is 595 g/mol. The first-order valence-electron chi connectivity index (χ1n) is 13.6. The first-order valence-corrected chi connectivity index (χ1v) is 13.6. The van der Waals surface area contributed by atoms with Gasteiger partial charge in [0.25, 0.3) is 0 Å². The van der Waals surface area contributed by atoms with Crippen LogP contribution in [-0.4, -0.2) is 108 Å². The Balaban J connectivity index is 3.82. The van der Waals surface area contributed by atoms with Crippen molar-refractivity contribution in [2.75, 3.05) is 39.3 Å². The number of hydrogen-bond donors (Lipinski definition) is 6. The lowest BCUT2D eigenvalue weighted by molar-refractivity contribution is -0.166. The molecule has 0 fully saturated rings. The zero-order chi connectivity index (χ0) is 31.2. The fraction of sp³-hybridized carbons (Fsp3) is 0.760. The van der Waals surface area contributed by atoms with Crippen molar-refractivity contribution in [1.29, 1.82) is 0 Å². The van der Waals surface area contributed by atoms with Crippen molar-refractivity contribution in [2.45, 2.75) is 84.0 Å². The molecule has 236 valence electrons. The molecule has 0 saturated carbocycles. The SMILES string of the molecule is CC(=O)NCC(F)CCNC(=O)CCC(=O)NCCCCCN(O)C(=O)CCC(=O)NCC(F)CCN(O)C(C)=O. The van der Waals surface area contributed by atoms with Crippen molar-refractivity contribution in [3.8, 4) is 0 Å². The second kappa shape index (κ2) is 22.3. The van der Waals surface area contributed by atoms with E-state index < -0.39 is 30.1 Å². The molecule has 41 heavy (non-hydrogen) atoms. The zero-order valence-electron chi connectivity index (χ0n) is 23.8. The van der Waals surface area contributed by atoms with Crippen LogP contribution in [0.25, 0.3) is 0 Å². The number of rotatable bonds is 22. The van der Waals surface area contributed by atoms with E-state index in [0.717, 1.165) is 6.92 Å². The Morgan fingerprint density at radius 1 is 0.634 bits per heavy atom. The number of nitrogens with one attached hydrogen (secondary N) is 4. The summed E-state index contributed by atoms with van der Waals surface area (Å²) in [4.78, 5) is 68.9. The number of hydroxylamine groups is 4. The molecule has 0 aromatic carbocycles. The molecule has 16 heteroatoms. The summed E-state index contributed by atoms with van der Waals surface area (Å²) in [6, 6.07) is 0. The minimum Gasteiger partial charge on any atom is -0.356 e. The molecule has 2 unspecified atom stereocenters. The van der Waals surface area contributed by atoms with Crippen LogP contribution in [0.4, 0.5) is 8.78 Å². The van der Waals surface area contributed by atoms with Crippen LogP contribution in [0.2, 0.25) is 0 Å². The van der Waals surface area contributed by atoms with Crippen molar-refractivity contribution in [2.24, 2.45) is 0 Å². The minimum absolute atomic E-state index is 0.0273. The molecular weight excluding hydrogens is 550 g/mol. The Kier molecular flexibility index (Phi) is 20.5. The molecule has 0 aliphatic carbocycles. The van der Waals surface area contributed by atoms with Crippen LogP contribution < -0.4 is 21.3 Å². The quantitative estimate of drug-likeness (QED) is 0.0577. The Morgan fingerprint density at radius 2 is 1.17 bits per heavy atom. The second-order valence-corrected chi connectivity index (χ2v) is 9.43. The Labute approximate surface area is 238 Å². The van der Waals surface area contributed by atoms with Gasteiger partial charge in [-0.05, 0) is 25.7 Å². The highest BCUT2D eigenvalue weighted by molar-refractivity contribution is 5.84. The van der Waals surface area contributed by atoms with Crippen LogP contribution in [0.3, 0.4) is 0 Å². The summed E-state index contributed by atoms with van der Waals surface area (Å²) >= 11 is 0. The van der Waals surface area contributed by atoms with Gasteiger partial charge in [0.2, 0.25) is 35.4 Å². The summed E-state index contributed by atoms with van der Waals surface area (Å²) in [5.74, 6) is -2.92. The van der Waals surface area contributed by atoms with E-state index in [1.807, 2.05) is 0 Å². The third-order valence-electron chi connectivity index (χ3n) is 5.69. The molecule has 0 aliphatic heterocycles. The molecule has 2 atom stereocenters. The van der Waals surface area contributed by atoms with Crippen LogP contribution in [0.5, 0.6) is 0 Å². The summed E-state index contributed by atoms with van der Waals surface area (Å²) in [5, 5.41) is 29.7. The van der Waals surface area contributed by atoms with Gasteiger partial charge < -0.3 is 21.3 Å². The van der Waals surface area contributed by atoms with E-state index in [-0.39, 0.29) is 89.0 Å². The van der Waals surface area contributed by atoms with Crippen LogP contribution in [0.1, 0.15) is 71.6 Å². The average Bonchev–Trinajstić information content (AvgIpc) is 2.92. The van der Waals surface area contributed by atoms with Gasteiger partial charge >= 0.3 is 0 Å². The van der Waals surface area contributed by atoms with Crippen molar-refractivity contribution in [3.05, 3.63) is 0 Å². The molecule has 0 bridgehead atoms. The topological polar surface area (TPSA) is 197 Å². The Bertz CT molecular complexity index is 851. The van der Waals surface area contributed by atoms with Crippen LogP contribution >= 0.6 is 0 Å². The Morgan fingerprint density at radius 3 is 1.78 bits per heavy atom. The van der Waals surface area contributed by atoms with E-state index >= 15 is 0 Å². The third kappa shape index (κ3) is 22.0. The summed E-state index contributed by atoms with van der Waals surface area (Å²) in [7, 11) is 0. The molecule has 0 rings (SSSR count). The number of alkyl halides is 2. The van der Waals surface area contributed by atoms with Gasteiger partial charge in [-0.1, -0.05) is 0 Å². The molecule has 14 nitrogen and oxygen atoms in total. The number of hydrogen-bond acceptors (Lipinski definition) is 8. The molecule has 6 amide bonds. The summed E-state index contributed by atoms with van der Waals surface area (Å²) in [6.07, 6.45) is -1.91. The van der Waals surface area contributed by atoms with Gasteiger partial charge in [-0.25, -0.2) is 18.9 Å². The highest BCUT2D eigenvalue weighted by Crippen LogP contribution is 2.03. The normalized spacial score (nSPS) is 12.0. The number of amides is 6.